The number of rotatable bonds is 8. The van der Waals surface area contributed by atoms with Crippen LogP contribution in [0.3, 0.4) is 0 Å². The van der Waals surface area contributed by atoms with Gasteiger partial charge in [0.2, 0.25) is 0 Å². The second-order valence-electron chi connectivity index (χ2n) is 5.88. The maximum Gasteiger partial charge on any atom is 0.317 e. The third-order valence-electron chi connectivity index (χ3n) is 3.99. The number of carbonyl (C=O) groups is 3. The van der Waals surface area contributed by atoms with Gasteiger partial charge in [0.1, 0.15) is 0 Å². The summed E-state index contributed by atoms with van der Waals surface area (Å²) in [6.45, 7) is 6.30. The SMILES string of the molecule is CCCN(CCC)C(=O)NCCCN1C(=O)c2ccccc2C1=O. The molecule has 1 N–H and O–H groups in total. The van der Waals surface area contributed by atoms with Gasteiger partial charge in [-0.2, -0.15) is 0 Å². The van der Waals surface area contributed by atoms with E-state index in [-0.39, 0.29) is 17.8 Å². The molecule has 1 aromatic carbocycles. The second-order valence-corrected chi connectivity index (χ2v) is 5.88. The minimum Gasteiger partial charge on any atom is -0.338 e. The summed E-state index contributed by atoms with van der Waals surface area (Å²) >= 11 is 0. The molecule has 6 heteroatoms. The average molecular weight is 331 g/mol. The highest BCUT2D eigenvalue weighted by atomic mass is 16.2. The van der Waals surface area contributed by atoms with Gasteiger partial charge in [-0.25, -0.2) is 4.79 Å². The summed E-state index contributed by atoms with van der Waals surface area (Å²) in [5.41, 5.74) is 0.923. The van der Waals surface area contributed by atoms with E-state index in [0.29, 0.717) is 30.6 Å². The van der Waals surface area contributed by atoms with Crippen molar-refractivity contribution in [1.82, 2.24) is 15.1 Å². The zero-order valence-electron chi connectivity index (χ0n) is 14.4. The van der Waals surface area contributed by atoms with Crippen LogP contribution in [-0.2, 0) is 0 Å². The quantitative estimate of drug-likeness (QED) is 0.588. The van der Waals surface area contributed by atoms with E-state index in [2.05, 4.69) is 5.32 Å². The number of carbonyl (C=O) groups excluding carboxylic acids is 3. The Balaban J connectivity index is 1.80. The average Bonchev–Trinajstić information content (AvgIpc) is 2.83. The van der Waals surface area contributed by atoms with E-state index in [1.165, 1.54) is 4.90 Å². The van der Waals surface area contributed by atoms with Gasteiger partial charge >= 0.3 is 6.03 Å². The number of amides is 4. The lowest BCUT2D eigenvalue weighted by Gasteiger charge is -2.22. The van der Waals surface area contributed by atoms with Crippen LogP contribution >= 0.6 is 0 Å². The van der Waals surface area contributed by atoms with Gasteiger partial charge in [0.25, 0.3) is 11.8 Å². The van der Waals surface area contributed by atoms with Crippen molar-refractivity contribution in [2.24, 2.45) is 0 Å². The fraction of sp³-hybridized carbons (Fsp3) is 0.500. The zero-order chi connectivity index (χ0) is 17.5. The number of benzene rings is 1. The topological polar surface area (TPSA) is 69.7 Å². The first kappa shape index (κ1) is 18.0. The molecule has 0 aliphatic carbocycles. The molecule has 0 atom stereocenters. The summed E-state index contributed by atoms with van der Waals surface area (Å²) in [5, 5.41) is 2.86. The third kappa shape index (κ3) is 3.93. The molecule has 1 aromatic rings. The fourth-order valence-electron chi connectivity index (χ4n) is 2.84. The molecule has 4 amide bonds. The molecule has 130 valence electrons. The van der Waals surface area contributed by atoms with E-state index >= 15 is 0 Å². The van der Waals surface area contributed by atoms with E-state index < -0.39 is 0 Å². The standard InChI is InChI=1S/C18H25N3O3/c1-3-11-20(12-4-2)18(24)19-10-7-13-21-16(22)14-8-5-6-9-15(14)17(21)23/h5-6,8-9H,3-4,7,10-13H2,1-2H3,(H,19,24). The molecular weight excluding hydrogens is 306 g/mol. The van der Waals surface area contributed by atoms with Crippen LogP contribution in [0, 0.1) is 0 Å². The van der Waals surface area contributed by atoms with Crippen molar-refractivity contribution in [2.45, 2.75) is 33.1 Å². The van der Waals surface area contributed by atoms with Crippen LogP contribution in [0.15, 0.2) is 24.3 Å². The Morgan fingerprint density at radius 1 is 1.04 bits per heavy atom. The number of hydrogen-bond acceptors (Lipinski definition) is 3. The molecule has 0 unspecified atom stereocenters. The molecule has 2 rings (SSSR count). The second kappa shape index (κ2) is 8.47. The molecule has 0 fully saturated rings. The summed E-state index contributed by atoms with van der Waals surface area (Å²) in [4.78, 5) is 39.6. The van der Waals surface area contributed by atoms with Crippen LogP contribution in [0.4, 0.5) is 4.79 Å². The summed E-state index contributed by atoms with van der Waals surface area (Å²) < 4.78 is 0. The lowest BCUT2D eigenvalue weighted by molar-refractivity contribution is 0.0653. The molecule has 6 nitrogen and oxygen atoms in total. The van der Waals surface area contributed by atoms with Crippen molar-refractivity contribution < 1.29 is 14.4 Å². The first-order valence-electron chi connectivity index (χ1n) is 8.58. The molecule has 1 heterocycles. The predicted molar refractivity (Wildman–Crippen MR) is 92.0 cm³/mol. The van der Waals surface area contributed by atoms with E-state index in [9.17, 15) is 14.4 Å². The van der Waals surface area contributed by atoms with Crippen LogP contribution < -0.4 is 5.32 Å². The molecule has 1 aliphatic heterocycles. The lowest BCUT2D eigenvalue weighted by Crippen LogP contribution is -2.42. The zero-order valence-corrected chi connectivity index (χ0v) is 14.4. The molecule has 0 spiro atoms. The number of urea groups is 1. The molecule has 0 aromatic heterocycles. The predicted octanol–water partition coefficient (Wildman–Crippen LogP) is 2.50. The lowest BCUT2D eigenvalue weighted by atomic mass is 10.1. The highest BCUT2D eigenvalue weighted by molar-refractivity contribution is 6.21. The van der Waals surface area contributed by atoms with Crippen LogP contribution in [0.1, 0.15) is 53.8 Å². The number of nitrogens with one attached hydrogen (secondary N) is 1. The molecule has 24 heavy (non-hydrogen) atoms. The third-order valence-corrected chi connectivity index (χ3v) is 3.99. The van der Waals surface area contributed by atoms with Crippen molar-refractivity contribution in [3.63, 3.8) is 0 Å². The van der Waals surface area contributed by atoms with Crippen LogP contribution in [0.5, 0.6) is 0 Å². The fourth-order valence-corrected chi connectivity index (χ4v) is 2.84. The minimum absolute atomic E-state index is 0.0824. The number of imide groups is 1. The maximum absolute atomic E-state index is 12.2. The van der Waals surface area contributed by atoms with Crippen molar-refractivity contribution >= 4 is 17.8 Å². The van der Waals surface area contributed by atoms with Crippen LogP contribution in [0.25, 0.3) is 0 Å². The highest BCUT2D eigenvalue weighted by Gasteiger charge is 2.34. The Kier molecular flexibility index (Phi) is 6.35. The van der Waals surface area contributed by atoms with Crippen molar-refractivity contribution in [3.8, 4) is 0 Å². The summed E-state index contributed by atoms with van der Waals surface area (Å²) in [7, 11) is 0. The van der Waals surface area contributed by atoms with E-state index in [4.69, 9.17) is 0 Å². The normalized spacial score (nSPS) is 13.2. The Hall–Kier alpha value is -2.37. The molecule has 0 saturated carbocycles. The van der Waals surface area contributed by atoms with Crippen molar-refractivity contribution in [2.75, 3.05) is 26.2 Å². The van der Waals surface area contributed by atoms with Gasteiger partial charge in [-0.1, -0.05) is 26.0 Å². The van der Waals surface area contributed by atoms with Gasteiger partial charge < -0.3 is 10.2 Å². The highest BCUT2D eigenvalue weighted by Crippen LogP contribution is 2.22. The number of fused-ring (bicyclic) bond motifs is 1. The number of nitrogens with zero attached hydrogens (tertiary/aromatic N) is 2. The number of hydrogen-bond donors (Lipinski definition) is 1. The van der Waals surface area contributed by atoms with E-state index in [1.807, 2.05) is 13.8 Å². The van der Waals surface area contributed by atoms with E-state index in [0.717, 1.165) is 25.9 Å². The molecule has 0 saturated heterocycles. The summed E-state index contributed by atoms with van der Waals surface area (Å²) in [6, 6.07) is 6.77. The van der Waals surface area contributed by atoms with Gasteiger partial charge in [0.15, 0.2) is 0 Å². The molecule has 0 radical (unpaired) electrons. The van der Waals surface area contributed by atoms with Crippen LogP contribution in [0.2, 0.25) is 0 Å². The first-order valence-corrected chi connectivity index (χ1v) is 8.58. The maximum atomic E-state index is 12.2. The molecular formula is C18H25N3O3. The van der Waals surface area contributed by atoms with Crippen molar-refractivity contribution in [3.05, 3.63) is 35.4 Å². The van der Waals surface area contributed by atoms with E-state index in [1.54, 1.807) is 29.2 Å². The van der Waals surface area contributed by atoms with Gasteiger partial charge in [0.05, 0.1) is 11.1 Å². The van der Waals surface area contributed by atoms with Gasteiger partial charge in [-0.05, 0) is 31.4 Å². The summed E-state index contributed by atoms with van der Waals surface area (Å²) in [6.07, 6.45) is 2.38. The van der Waals surface area contributed by atoms with Gasteiger partial charge in [-0.3, -0.25) is 14.5 Å². The summed E-state index contributed by atoms with van der Waals surface area (Å²) in [5.74, 6) is -0.499. The Labute approximate surface area is 142 Å². The monoisotopic (exact) mass is 331 g/mol. The Morgan fingerprint density at radius 2 is 1.58 bits per heavy atom. The van der Waals surface area contributed by atoms with Crippen LogP contribution in [-0.4, -0.2) is 53.8 Å². The Morgan fingerprint density at radius 3 is 2.08 bits per heavy atom. The largest absolute Gasteiger partial charge is 0.338 e. The first-order chi connectivity index (χ1) is 11.6. The molecule has 1 aliphatic rings. The Bertz CT molecular complexity index is 574. The van der Waals surface area contributed by atoms with Crippen molar-refractivity contribution in [1.29, 1.82) is 0 Å². The van der Waals surface area contributed by atoms with Gasteiger partial charge in [0, 0.05) is 26.2 Å². The minimum atomic E-state index is -0.250. The smallest absolute Gasteiger partial charge is 0.317 e. The van der Waals surface area contributed by atoms with Gasteiger partial charge in [-0.15, -0.1) is 0 Å². The molecule has 0 bridgehead atoms.